The Hall–Kier alpha value is -3.20. The van der Waals surface area contributed by atoms with E-state index in [2.05, 4.69) is 21.0 Å². The van der Waals surface area contributed by atoms with Gasteiger partial charge in [0.05, 0.1) is 7.11 Å². The maximum Gasteiger partial charge on any atom is 0.327 e. The molecule has 0 saturated heterocycles. The van der Waals surface area contributed by atoms with Crippen LogP contribution >= 0.6 is 0 Å². The Morgan fingerprint density at radius 2 is 1.83 bits per heavy atom. The van der Waals surface area contributed by atoms with Crippen molar-refractivity contribution >= 4 is 23.5 Å². The van der Waals surface area contributed by atoms with Crippen LogP contribution in [0.5, 0.6) is 0 Å². The Morgan fingerprint density at radius 1 is 1.11 bits per heavy atom. The molecule has 2 aliphatic carbocycles. The van der Waals surface area contributed by atoms with Crippen molar-refractivity contribution in [3.63, 3.8) is 0 Å². The molecular weight excluding hydrogens is 446 g/mol. The monoisotopic (exact) mass is 479 g/mol. The van der Waals surface area contributed by atoms with Crippen LogP contribution in [-0.2, 0) is 20.9 Å². The van der Waals surface area contributed by atoms with E-state index in [4.69, 9.17) is 4.74 Å². The standard InChI is InChI=1S/C26H33N5O4/c1-14(2)31-20(10-11-28-31)24(32)30-23(21(15-4-5-15)16-6-7-16)25(33)29-18-8-9-19-17(12-18)13-27-22(19)26(34)35-3/h8-12,14-16,21-23,27H,4-7,13H2,1-3H3,(H,29,33)(H,30,32)/t22?,23-/m0/s1. The van der Waals surface area contributed by atoms with E-state index >= 15 is 0 Å². The highest BCUT2D eigenvalue weighted by Gasteiger charge is 2.48. The summed E-state index contributed by atoms with van der Waals surface area (Å²) in [5, 5.41) is 13.5. The molecule has 5 rings (SSSR count). The smallest absolute Gasteiger partial charge is 0.327 e. The number of nitrogens with one attached hydrogen (secondary N) is 3. The minimum absolute atomic E-state index is 0.0366. The van der Waals surface area contributed by atoms with Crippen molar-refractivity contribution in [2.45, 2.75) is 64.2 Å². The molecule has 35 heavy (non-hydrogen) atoms. The first kappa shape index (κ1) is 23.5. The number of benzene rings is 1. The summed E-state index contributed by atoms with van der Waals surface area (Å²) in [6.45, 7) is 4.46. The van der Waals surface area contributed by atoms with Crippen molar-refractivity contribution in [2.24, 2.45) is 17.8 Å². The highest BCUT2D eigenvalue weighted by atomic mass is 16.5. The van der Waals surface area contributed by atoms with Crippen LogP contribution in [0, 0.1) is 17.8 Å². The summed E-state index contributed by atoms with van der Waals surface area (Å²) >= 11 is 0. The zero-order chi connectivity index (χ0) is 24.7. The van der Waals surface area contributed by atoms with E-state index in [1.165, 1.54) is 7.11 Å². The third-order valence-corrected chi connectivity index (χ3v) is 7.33. The topological polar surface area (TPSA) is 114 Å². The lowest BCUT2D eigenvalue weighted by Gasteiger charge is -2.28. The highest BCUT2D eigenvalue weighted by Crippen LogP contribution is 2.51. The van der Waals surface area contributed by atoms with Gasteiger partial charge in [-0.1, -0.05) is 6.07 Å². The fourth-order valence-corrected chi connectivity index (χ4v) is 5.34. The summed E-state index contributed by atoms with van der Waals surface area (Å²) in [6, 6.07) is 6.15. The molecule has 0 spiro atoms. The van der Waals surface area contributed by atoms with Crippen molar-refractivity contribution in [3.8, 4) is 0 Å². The predicted molar refractivity (Wildman–Crippen MR) is 129 cm³/mol. The van der Waals surface area contributed by atoms with E-state index in [1.807, 2.05) is 26.0 Å². The molecule has 3 aliphatic rings. The van der Waals surface area contributed by atoms with Gasteiger partial charge >= 0.3 is 5.97 Å². The minimum atomic E-state index is -0.618. The summed E-state index contributed by atoms with van der Waals surface area (Å²) in [7, 11) is 1.37. The number of rotatable bonds is 9. The van der Waals surface area contributed by atoms with Crippen molar-refractivity contribution < 1.29 is 19.1 Å². The first-order chi connectivity index (χ1) is 16.9. The SMILES string of the molecule is COC(=O)C1NCc2cc(NC(=O)[C@@H](NC(=O)c3ccnn3C(C)C)C(C3CC3)C3CC3)ccc21. The number of anilines is 1. The first-order valence-electron chi connectivity index (χ1n) is 12.5. The van der Waals surface area contributed by atoms with Crippen molar-refractivity contribution in [2.75, 3.05) is 12.4 Å². The molecular formula is C26H33N5O4. The molecule has 2 saturated carbocycles. The highest BCUT2D eigenvalue weighted by molar-refractivity contribution is 6.01. The van der Waals surface area contributed by atoms with Crippen LogP contribution in [-0.4, -0.2) is 40.7 Å². The summed E-state index contributed by atoms with van der Waals surface area (Å²) in [6.07, 6.45) is 6.02. The zero-order valence-electron chi connectivity index (χ0n) is 20.4. The molecule has 2 aromatic rings. The van der Waals surface area contributed by atoms with Gasteiger partial charge < -0.3 is 15.4 Å². The Kier molecular flexibility index (Phi) is 6.35. The van der Waals surface area contributed by atoms with Crippen LogP contribution in [0.4, 0.5) is 5.69 Å². The number of fused-ring (bicyclic) bond motifs is 1. The lowest BCUT2D eigenvalue weighted by atomic mass is 9.88. The quantitative estimate of drug-likeness (QED) is 0.477. The van der Waals surface area contributed by atoms with Gasteiger partial charge in [0, 0.05) is 24.5 Å². The average Bonchev–Trinajstić information content (AvgIpc) is 3.76. The van der Waals surface area contributed by atoms with Gasteiger partial charge in [0.1, 0.15) is 17.8 Å². The van der Waals surface area contributed by atoms with Crippen LogP contribution < -0.4 is 16.0 Å². The van der Waals surface area contributed by atoms with E-state index in [9.17, 15) is 14.4 Å². The second-order valence-electron chi connectivity index (χ2n) is 10.2. The number of hydrogen-bond donors (Lipinski definition) is 3. The Bertz CT molecular complexity index is 1120. The third-order valence-electron chi connectivity index (χ3n) is 7.33. The Labute approximate surface area is 205 Å². The summed E-state index contributed by atoms with van der Waals surface area (Å²) < 4.78 is 6.55. The third kappa shape index (κ3) is 4.82. The Morgan fingerprint density at radius 3 is 2.46 bits per heavy atom. The largest absolute Gasteiger partial charge is 0.468 e. The fraction of sp³-hybridized carbons (Fsp3) is 0.538. The fourth-order valence-electron chi connectivity index (χ4n) is 5.34. The number of ether oxygens (including phenoxy) is 1. The number of aromatic nitrogens is 2. The van der Waals surface area contributed by atoms with Gasteiger partial charge in [-0.15, -0.1) is 0 Å². The van der Waals surface area contributed by atoms with Gasteiger partial charge in [-0.25, -0.2) is 4.79 Å². The number of amides is 2. The van der Waals surface area contributed by atoms with E-state index in [-0.39, 0.29) is 29.7 Å². The molecule has 2 amide bonds. The average molecular weight is 480 g/mol. The number of esters is 1. The number of carbonyl (C=O) groups excluding carboxylic acids is 3. The lowest BCUT2D eigenvalue weighted by Crippen LogP contribution is -2.50. The molecule has 2 heterocycles. The van der Waals surface area contributed by atoms with Crippen LogP contribution in [0.1, 0.15) is 73.2 Å². The van der Waals surface area contributed by atoms with E-state index in [0.717, 1.165) is 36.8 Å². The second kappa shape index (κ2) is 9.45. The van der Waals surface area contributed by atoms with E-state index < -0.39 is 12.1 Å². The molecule has 2 fully saturated rings. The number of carbonyl (C=O) groups is 3. The number of methoxy groups -OCH3 is 1. The van der Waals surface area contributed by atoms with Gasteiger partial charge in [0.25, 0.3) is 5.91 Å². The van der Waals surface area contributed by atoms with Gasteiger partial charge in [-0.05, 0) is 86.6 Å². The van der Waals surface area contributed by atoms with Crippen LogP contribution in [0.3, 0.4) is 0 Å². The van der Waals surface area contributed by atoms with E-state index in [0.29, 0.717) is 29.8 Å². The summed E-state index contributed by atoms with van der Waals surface area (Å²) in [5.74, 6) is 0.266. The van der Waals surface area contributed by atoms with Gasteiger partial charge in [-0.3, -0.25) is 19.6 Å². The van der Waals surface area contributed by atoms with Crippen LogP contribution in [0.25, 0.3) is 0 Å². The first-order valence-corrected chi connectivity index (χ1v) is 12.5. The van der Waals surface area contributed by atoms with Crippen molar-refractivity contribution in [3.05, 3.63) is 47.3 Å². The number of hydrogen-bond acceptors (Lipinski definition) is 6. The van der Waals surface area contributed by atoms with Crippen molar-refractivity contribution in [1.29, 1.82) is 0 Å². The summed E-state index contributed by atoms with van der Waals surface area (Å²) in [4.78, 5) is 38.9. The van der Waals surface area contributed by atoms with E-state index in [1.54, 1.807) is 23.0 Å². The molecule has 0 radical (unpaired) electrons. The molecule has 1 aliphatic heterocycles. The predicted octanol–water partition coefficient (Wildman–Crippen LogP) is 2.95. The molecule has 9 nitrogen and oxygen atoms in total. The molecule has 2 atom stereocenters. The zero-order valence-corrected chi connectivity index (χ0v) is 20.4. The maximum atomic E-state index is 13.6. The van der Waals surface area contributed by atoms with Gasteiger partial charge in [0.15, 0.2) is 0 Å². The molecule has 1 aromatic carbocycles. The molecule has 186 valence electrons. The van der Waals surface area contributed by atoms with Crippen molar-refractivity contribution in [1.82, 2.24) is 20.4 Å². The number of nitrogens with zero attached hydrogens (tertiary/aromatic N) is 2. The van der Waals surface area contributed by atoms with Crippen LogP contribution in [0.15, 0.2) is 30.5 Å². The Balaban J connectivity index is 1.36. The van der Waals surface area contributed by atoms with Crippen LogP contribution in [0.2, 0.25) is 0 Å². The molecule has 1 aromatic heterocycles. The lowest BCUT2D eigenvalue weighted by molar-refractivity contribution is -0.143. The van der Waals surface area contributed by atoms with Gasteiger partial charge in [0.2, 0.25) is 5.91 Å². The van der Waals surface area contributed by atoms with Gasteiger partial charge in [-0.2, -0.15) is 5.10 Å². The normalized spacial score (nSPS) is 20.0. The molecule has 9 heteroatoms. The molecule has 3 N–H and O–H groups in total. The molecule has 0 bridgehead atoms. The maximum absolute atomic E-state index is 13.6. The molecule has 1 unspecified atom stereocenters. The second-order valence-corrected chi connectivity index (χ2v) is 10.2. The minimum Gasteiger partial charge on any atom is -0.468 e. The summed E-state index contributed by atoms with van der Waals surface area (Å²) in [5.41, 5.74) is 2.91.